The third-order valence-electron chi connectivity index (χ3n) is 3.03. The van der Waals surface area contributed by atoms with E-state index < -0.39 is 0 Å². The lowest BCUT2D eigenvalue weighted by Crippen LogP contribution is -2.28. The van der Waals surface area contributed by atoms with Gasteiger partial charge in [-0.2, -0.15) is 0 Å². The van der Waals surface area contributed by atoms with Gasteiger partial charge in [-0.25, -0.2) is 0 Å². The molecule has 0 fully saturated rings. The molecule has 0 aliphatic heterocycles. The lowest BCUT2D eigenvalue weighted by molar-refractivity contribution is 0.470. The lowest BCUT2D eigenvalue weighted by atomic mass is 10.1. The van der Waals surface area contributed by atoms with Crippen LogP contribution in [0.4, 0.5) is 0 Å². The van der Waals surface area contributed by atoms with Gasteiger partial charge in [0.1, 0.15) is 0 Å². The van der Waals surface area contributed by atoms with Gasteiger partial charge in [-0.05, 0) is 45.7 Å². The number of nitrogens with one attached hydrogen (secondary N) is 1. The fourth-order valence-corrected chi connectivity index (χ4v) is 1.96. The summed E-state index contributed by atoms with van der Waals surface area (Å²) in [5.74, 6) is 0. The molecule has 0 saturated heterocycles. The van der Waals surface area contributed by atoms with Gasteiger partial charge in [-0.15, -0.1) is 0 Å². The van der Waals surface area contributed by atoms with E-state index in [1.807, 2.05) is 23.6 Å². The van der Waals surface area contributed by atoms with Crippen LogP contribution in [-0.4, -0.2) is 17.2 Å². The van der Waals surface area contributed by atoms with Gasteiger partial charge in [-0.1, -0.05) is 13.0 Å². The molecule has 0 amide bonds. The maximum Gasteiger partial charge on any atom is 0.250 e. The minimum atomic E-state index is 0.110. The second-order valence-electron chi connectivity index (χ2n) is 4.65. The lowest BCUT2D eigenvalue weighted by Gasteiger charge is -2.14. The number of pyridine rings is 1. The quantitative estimate of drug-likeness (QED) is 0.788. The maximum absolute atomic E-state index is 11.6. The number of hydrogen-bond donors (Lipinski definition) is 1. The molecule has 1 unspecified atom stereocenters. The molecule has 1 atom stereocenters. The summed E-state index contributed by atoms with van der Waals surface area (Å²) in [5, 5.41) is 3.46. The van der Waals surface area contributed by atoms with Crippen molar-refractivity contribution in [2.24, 2.45) is 0 Å². The van der Waals surface area contributed by atoms with Crippen LogP contribution >= 0.6 is 0 Å². The number of aromatic nitrogens is 1. The Morgan fingerprint density at radius 1 is 1.41 bits per heavy atom. The molecule has 0 radical (unpaired) electrons. The molecule has 0 aromatic carbocycles. The summed E-state index contributed by atoms with van der Waals surface area (Å²) in [5.41, 5.74) is 1.16. The predicted molar refractivity (Wildman–Crippen MR) is 72.4 cm³/mol. The summed E-state index contributed by atoms with van der Waals surface area (Å²) in [6, 6.07) is 5.97. The van der Waals surface area contributed by atoms with E-state index in [9.17, 15) is 4.79 Å². The van der Waals surface area contributed by atoms with Gasteiger partial charge in [0, 0.05) is 24.3 Å². The van der Waals surface area contributed by atoms with E-state index in [0.717, 1.165) is 31.6 Å². The SMILES string of the molecule is CCCNC(C)CCCn1c(C)cccc1=O. The first-order valence-corrected chi connectivity index (χ1v) is 6.55. The van der Waals surface area contributed by atoms with Crippen LogP contribution in [0.15, 0.2) is 23.0 Å². The van der Waals surface area contributed by atoms with Crippen LogP contribution in [0.3, 0.4) is 0 Å². The zero-order valence-electron chi connectivity index (χ0n) is 11.2. The van der Waals surface area contributed by atoms with Crippen LogP contribution in [0.1, 0.15) is 38.8 Å². The van der Waals surface area contributed by atoms with Crippen LogP contribution in [0.25, 0.3) is 0 Å². The molecule has 1 rings (SSSR count). The Morgan fingerprint density at radius 3 is 2.82 bits per heavy atom. The summed E-state index contributed by atoms with van der Waals surface area (Å²) >= 11 is 0. The first-order chi connectivity index (χ1) is 8.15. The van der Waals surface area contributed by atoms with Gasteiger partial charge < -0.3 is 9.88 Å². The summed E-state index contributed by atoms with van der Waals surface area (Å²) < 4.78 is 1.85. The first kappa shape index (κ1) is 14.0. The molecule has 1 aromatic rings. The number of rotatable bonds is 7. The summed E-state index contributed by atoms with van der Waals surface area (Å²) in [4.78, 5) is 11.6. The summed E-state index contributed by atoms with van der Waals surface area (Å²) in [6.07, 6.45) is 3.32. The van der Waals surface area contributed by atoms with Crippen molar-refractivity contribution in [2.45, 2.75) is 52.6 Å². The molecule has 96 valence electrons. The fraction of sp³-hybridized carbons (Fsp3) is 0.643. The Balaban J connectivity index is 2.38. The van der Waals surface area contributed by atoms with Crippen molar-refractivity contribution < 1.29 is 0 Å². The zero-order valence-corrected chi connectivity index (χ0v) is 11.2. The Morgan fingerprint density at radius 2 is 2.18 bits per heavy atom. The Kier molecular flexibility index (Phi) is 5.98. The van der Waals surface area contributed by atoms with E-state index in [1.54, 1.807) is 6.07 Å². The van der Waals surface area contributed by atoms with Crippen LogP contribution in [0, 0.1) is 6.92 Å². The van der Waals surface area contributed by atoms with E-state index in [1.165, 1.54) is 6.42 Å². The smallest absolute Gasteiger partial charge is 0.250 e. The molecule has 1 heterocycles. The molecule has 0 bridgehead atoms. The van der Waals surface area contributed by atoms with Gasteiger partial charge >= 0.3 is 0 Å². The molecule has 3 nitrogen and oxygen atoms in total. The molecule has 3 heteroatoms. The topological polar surface area (TPSA) is 34.0 Å². The monoisotopic (exact) mass is 236 g/mol. The minimum Gasteiger partial charge on any atom is -0.314 e. The molecule has 0 aliphatic rings. The average molecular weight is 236 g/mol. The van der Waals surface area contributed by atoms with Gasteiger partial charge in [0.25, 0.3) is 5.56 Å². The third kappa shape index (κ3) is 4.73. The highest BCUT2D eigenvalue weighted by Gasteiger charge is 2.02. The Bertz CT molecular complexity index is 384. The van der Waals surface area contributed by atoms with Crippen molar-refractivity contribution >= 4 is 0 Å². The van der Waals surface area contributed by atoms with Crippen LogP contribution in [0.2, 0.25) is 0 Å². The molecule has 1 N–H and O–H groups in total. The van der Waals surface area contributed by atoms with Crippen LogP contribution in [-0.2, 0) is 6.54 Å². The Labute approximate surface area is 104 Å². The highest BCUT2D eigenvalue weighted by molar-refractivity contribution is 5.04. The standard InChI is InChI=1S/C14H24N2O/c1-4-10-15-12(2)7-6-11-16-13(3)8-5-9-14(16)17/h5,8-9,12,15H,4,6-7,10-11H2,1-3H3. The van der Waals surface area contributed by atoms with E-state index in [4.69, 9.17) is 0 Å². The van der Waals surface area contributed by atoms with E-state index in [2.05, 4.69) is 19.2 Å². The average Bonchev–Trinajstić information content (AvgIpc) is 2.30. The minimum absolute atomic E-state index is 0.110. The van der Waals surface area contributed by atoms with Crippen molar-refractivity contribution in [1.29, 1.82) is 0 Å². The zero-order chi connectivity index (χ0) is 12.7. The summed E-state index contributed by atoms with van der Waals surface area (Å²) in [6.45, 7) is 8.26. The third-order valence-corrected chi connectivity index (χ3v) is 3.03. The highest BCUT2D eigenvalue weighted by atomic mass is 16.1. The molecule has 0 spiro atoms. The fourth-order valence-electron chi connectivity index (χ4n) is 1.96. The van der Waals surface area contributed by atoms with Gasteiger partial charge in [0.2, 0.25) is 0 Å². The first-order valence-electron chi connectivity index (χ1n) is 6.55. The van der Waals surface area contributed by atoms with Gasteiger partial charge in [0.15, 0.2) is 0 Å². The van der Waals surface area contributed by atoms with Gasteiger partial charge in [-0.3, -0.25) is 4.79 Å². The number of nitrogens with zero attached hydrogens (tertiary/aromatic N) is 1. The second kappa shape index (κ2) is 7.28. The molecule has 17 heavy (non-hydrogen) atoms. The van der Waals surface area contributed by atoms with Crippen LogP contribution < -0.4 is 10.9 Å². The van der Waals surface area contributed by atoms with Gasteiger partial charge in [0.05, 0.1) is 0 Å². The summed E-state index contributed by atoms with van der Waals surface area (Å²) in [7, 11) is 0. The van der Waals surface area contributed by atoms with Crippen molar-refractivity contribution in [3.05, 3.63) is 34.2 Å². The van der Waals surface area contributed by atoms with Crippen LogP contribution in [0.5, 0.6) is 0 Å². The van der Waals surface area contributed by atoms with Crippen molar-refractivity contribution in [3.8, 4) is 0 Å². The largest absolute Gasteiger partial charge is 0.314 e. The van der Waals surface area contributed by atoms with E-state index in [-0.39, 0.29) is 5.56 Å². The second-order valence-corrected chi connectivity index (χ2v) is 4.65. The Hall–Kier alpha value is -1.09. The highest BCUT2D eigenvalue weighted by Crippen LogP contribution is 2.01. The number of hydrogen-bond acceptors (Lipinski definition) is 2. The molecule has 0 aliphatic carbocycles. The van der Waals surface area contributed by atoms with Crippen molar-refractivity contribution in [2.75, 3.05) is 6.54 Å². The maximum atomic E-state index is 11.6. The normalized spacial score (nSPS) is 12.6. The molecular formula is C14H24N2O. The predicted octanol–water partition coefficient (Wildman–Crippen LogP) is 2.33. The molecule has 0 saturated carbocycles. The van der Waals surface area contributed by atoms with Crippen molar-refractivity contribution in [1.82, 2.24) is 9.88 Å². The van der Waals surface area contributed by atoms with E-state index >= 15 is 0 Å². The number of aryl methyl sites for hydroxylation is 1. The molecule has 1 aromatic heterocycles. The van der Waals surface area contributed by atoms with E-state index in [0.29, 0.717) is 6.04 Å². The van der Waals surface area contributed by atoms with Crippen molar-refractivity contribution in [3.63, 3.8) is 0 Å². The molecular weight excluding hydrogens is 212 g/mol.